The van der Waals surface area contributed by atoms with Crippen molar-refractivity contribution in [3.63, 3.8) is 0 Å². The summed E-state index contributed by atoms with van der Waals surface area (Å²) in [5, 5.41) is 3.10. The van der Waals surface area contributed by atoms with Gasteiger partial charge in [-0.2, -0.15) is 4.37 Å². The number of para-hydroxylation sites is 1. The lowest BCUT2D eigenvalue weighted by Gasteiger charge is -2.32. The van der Waals surface area contributed by atoms with Gasteiger partial charge in [-0.3, -0.25) is 19.3 Å². The first-order valence-electron chi connectivity index (χ1n) is 10.6. The van der Waals surface area contributed by atoms with Crippen molar-refractivity contribution < 1.29 is 14.4 Å². The Kier molecular flexibility index (Phi) is 7.27. The Labute approximate surface area is 186 Å². The van der Waals surface area contributed by atoms with Gasteiger partial charge in [0.15, 0.2) is 5.69 Å². The second-order valence-electron chi connectivity index (χ2n) is 7.82. The number of carbonyl (C=O) groups excluding carboxylic acids is 3. The van der Waals surface area contributed by atoms with Gasteiger partial charge in [0, 0.05) is 11.7 Å². The number of nitrogens with zero attached hydrogens (tertiary/aromatic N) is 2. The number of carbonyl (C=O) groups is 3. The SMILES string of the molecule is CCc1ccccc1N(C(=O)c1snc(C(N)=O)c1N)[C@H](C)C(=O)NC1CCCCC1. The van der Waals surface area contributed by atoms with Crippen LogP contribution < -0.4 is 21.7 Å². The lowest BCUT2D eigenvalue weighted by atomic mass is 9.95. The van der Waals surface area contributed by atoms with Crippen molar-refractivity contribution in [3.8, 4) is 0 Å². The Balaban J connectivity index is 1.97. The van der Waals surface area contributed by atoms with Crippen molar-refractivity contribution in [2.45, 2.75) is 64.5 Å². The van der Waals surface area contributed by atoms with Crippen molar-refractivity contribution >= 4 is 40.6 Å². The lowest BCUT2D eigenvalue weighted by Crippen LogP contribution is -2.51. The van der Waals surface area contributed by atoms with Crippen LogP contribution in [0, 0.1) is 0 Å². The van der Waals surface area contributed by atoms with Crippen LogP contribution >= 0.6 is 11.5 Å². The molecule has 31 heavy (non-hydrogen) atoms. The number of nitrogen functional groups attached to an aromatic ring is 1. The Morgan fingerprint density at radius 2 is 1.90 bits per heavy atom. The molecule has 0 bridgehead atoms. The predicted octanol–water partition coefficient (Wildman–Crippen LogP) is 2.87. The number of hydrogen-bond acceptors (Lipinski definition) is 6. The van der Waals surface area contributed by atoms with Crippen LogP contribution in [-0.4, -0.2) is 34.2 Å². The molecule has 3 rings (SSSR count). The molecule has 1 fully saturated rings. The molecule has 1 heterocycles. The Hall–Kier alpha value is -2.94. The molecule has 0 unspecified atom stereocenters. The number of aryl methyl sites for hydroxylation is 1. The molecule has 1 aromatic heterocycles. The number of amides is 3. The van der Waals surface area contributed by atoms with Crippen molar-refractivity contribution in [3.05, 3.63) is 40.4 Å². The van der Waals surface area contributed by atoms with E-state index in [1.807, 2.05) is 31.2 Å². The van der Waals surface area contributed by atoms with Gasteiger partial charge in [0.1, 0.15) is 10.9 Å². The fraction of sp³-hybridized carbons (Fsp3) is 0.455. The maximum atomic E-state index is 13.6. The van der Waals surface area contributed by atoms with E-state index in [9.17, 15) is 14.4 Å². The highest BCUT2D eigenvalue weighted by Crippen LogP contribution is 2.30. The molecule has 0 saturated heterocycles. The average molecular weight is 444 g/mol. The smallest absolute Gasteiger partial charge is 0.272 e. The number of primary amides is 1. The third-order valence-electron chi connectivity index (χ3n) is 5.72. The fourth-order valence-electron chi connectivity index (χ4n) is 3.96. The first-order valence-corrected chi connectivity index (χ1v) is 11.4. The van der Waals surface area contributed by atoms with Crippen LogP contribution in [-0.2, 0) is 11.2 Å². The van der Waals surface area contributed by atoms with Gasteiger partial charge in [0.05, 0.1) is 5.69 Å². The van der Waals surface area contributed by atoms with E-state index in [4.69, 9.17) is 11.5 Å². The minimum absolute atomic E-state index is 0.0543. The van der Waals surface area contributed by atoms with E-state index in [1.54, 1.807) is 6.92 Å². The summed E-state index contributed by atoms with van der Waals surface area (Å²) in [6.45, 7) is 3.69. The van der Waals surface area contributed by atoms with Gasteiger partial charge >= 0.3 is 0 Å². The number of anilines is 2. The van der Waals surface area contributed by atoms with Gasteiger partial charge in [0.25, 0.3) is 11.8 Å². The second-order valence-corrected chi connectivity index (χ2v) is 8.59. The molecule has 0 radical (unpaired) electrons. The van der Waals surface area contributed by atoms with Crippen LogP contribution in [0.1, 0.15) is 71.7 Å². The predicted molar refractivity (Wildman–Crippen MR) is 122 cm³/mol. The zero-order chi connectivity index (χ0) is 22.5. The molecule has 1 aromatic carbocycles. The summed E-state index contributed by atoms with van der Waals surface area (Å²) >= 11 is 0.815. The number of aromatic nitrogens is 1. The maximum Gasteiger partial charge on any atom is 0.272 e. The normalized spacial score (nSPS) is 15.3. The van der Waals surface area contributed by atoms with Gasteiger partial charge in [-0.05, 0) is 49.3 Å². The largest absolute Gasteiger partial charge is 0.395 e. The van der Waals surface area contributed by atoms with E-state index in [0.29, 0.717) is 12.1 Å². The molecule has 1 aliphatic rings. The summed E-state index contributed by atoms with van der Waals surface area (Å²) in [5.41, 5.74) is 12.7. The molecule has 8 nitrogen and oxygen atoms in total. The zero-order valence-corrected chi connectivity index (χ0v) is 18.7. The number of nitrogens with one attached hydrogen (secondary N) is 1. The minimum Gasteiger partial charge on any atom is -0.395 e. The van der Waals surface area contributed by atoms with Crippen molar-refractivity contribution in [2.24, 2.45) is 5.73 Å². The summed E-state index contributed by atoms with van der Waals surface area (Å²) in [6, 6.07) is 6.80. The van der Waals surface area contributed by atoms with E-state index in [1.165, 1.54) is 11.3 Å². The third-order valence-corrected chi connectivity index (χ3v) is 6.58. The highest BCUT2D eigenvalue weighted by atomic mass is 32.1. The van der Waals surface area contributed by atoms with Gasteiger partial charge in [-0.15, -0.1) is 0 Å². The highest BCUT2D eigenvalue weighted by molar-refractivity contribution is 7.09. The minimum atomic E-state index is -0.795. The molecule has 0 spiro atoms. The molecule has 1 saturated carbocycles. The summed E-state index contributed by atoms with van der Waals surface area (Å²) in [7, 11) is 0. The second kappa shape index (κ2) is 9.91. The first kappa shape index (κ1) is 22.7. The summed E-state index contributed by atoms with van der Waals surface area (Å²) in [6.07, 6.45) is 5.94. The van der Waals surface area contributed by atoms with Crippen molar-refractivity contribution in [1.82, 2.24) is 9.69 Å². The van der Waals surface area contributed by atoms with Crippen LogP contribution in [0.15, 0.2) is 24.3 Å². The topological polar surface area (TPSA) is 131 Å². The third kappa shape index (κ3) is 4.87. The molecule has 166 valence electrons. The average Bonchev–Trinajstić information content (AvgIpc) is 3.16. The quantitative estimate of drug-likeness (QED) is 0.605. The standard InChI is InChI=1S/C22H29N5O3S/c1-3-14-9-7-8-12-16(14)27(13(2)21(29)25-15-10-5-4-6-11-15)22(30)19-17(23)18(20(24)28)26-31-19/h7-9,12-13,15H,3-6,10-11,23H2,1-2H3,(H2,24,28)(H,25,29)/t13-/m1/s1. The van der Waals surface area contributed by atoms with Crippen LogP contribution in [0.2, 0.25) is 0 Å². The van der Waals surface area contributed by atoms with Crippen LogP contribution in [0.5, 0.6) is 0 Å². The van der Waals surface area contributed by atoms with E-state index >= 15 is 0 Å². The molecule has 1 atom stereocenters. The van der Waals surface area contributed by atoms with Crippen molar-refractivity contribution in [2.75, 3.05) is 10.6 Å². The molecule has 9 heteroatoms. The monoisotopic (exact) mass is 443 g/mol. The molecule has 5 N–H and O–H groups in total. The van der Waals surface area contributed by atoms with Crippen LogP contribution in [0.3, 0.4) is 0 Å². The molecule has 3 amide bonds. The Bertz CT molecular complexity index is 968. The maximum absolute atomic E-state index is 13.6. The van der Waals surface area contributed by atoms with E-state index in [-0.39, 0.29) is 28.2 Å². The molecular weight excluding hydrogens is 414 g/mol. The fourth-order valence-corrected chi connectivity index (χ4v) is 4.71. The highest BCUT2D eigenvalue weighted by Gasteiger charge is 2.33. The zero-order valence-electron chi connectivity index (χ0n) is 17.9. The van der Waals surface area contributed by atoms with Gasteiger partial charge in [-0.25, -0.2) is 0 Å². The van der Waals surface area contributed by atoms with Crippen LogP contribution in [0.4, 0.5) is 11.4 Å². The molecule has 2 aromatic rings. The van der Waals surface area contributed by atoms with E-state index in [2.05, 4.69) is 9.69 Å². The van der Waals surface area contributed by atoms with Crippen molar-refractivity contribution in [1.29, 1.82) is 0 Å². The van der Waals surface area contributed by atoms with Gasteiger partial charge in [0.2, 0.25) is 5.91 Å². The van der Waals surface area contributed by atoms with Gasteiger partial charge < -0.3 is 16.8 Å². The Morgan fingerprint density at radius 3 is 2.52 bits per heavy atom. The summed E-state index contributed by atoms with van der Waals surface area (Å²) in [4.78, 5) is 39.8. The van der Waals surface area contributed by atoms with Gasteiger partial charge in [-0.1, -0.05) is 44.4 Å². The number of hydrogen-bond donors (Lipinski definition) is 3. The molecule has 0 aliphatic heterocycles. The number of rotatable bonds is 7. The lowest BCUT2D eigenvalue weighted by molar-refractivity contribution is -0.122. The Morgan fingerprint density at radius 1 is 1.23 bits per heavy atom. The molecular formula is C22H29N5O3S. The number of benzene rings is 1. The molecule has 1 aliphatic carbocycles. The number of nitrogens with two attached hydrogens (primary N) is 2. The first-order chi connectivity index (χ1) is 14.8. The summed E-state index contributed by atoms with van der Waals surface area (Å²) < 4.78 is 3.95. The summed E-state index contributed by atoms with van der Waals surface area (Å²) in [5.74, 6) is -1.49. The van der Waals surface area contributed by atoms with E-state index in [0.717, 1.165) is 42.8 Å². The van der Waals surface area contributed by atoms with E-state index < -0.39 is 17.9 Å². The van der Waals surface area contributed by atoms with Crippen LogP contribution in [0.25, 0.3) is 0 Å².